The molecule has 6 heteroatoms. The molecule has 1 aliphatic heterocycles. The fourth-order valence-electron chi connectivity index (χ4n) is 2.85. The number of carbonyl (C=O) groups excluding carboxylic acids is 1. The molecule has 0 fully saturated rings. The molecule has 2 rings (SSSR count). The molecule has 1 aromatic rings. The second-order valence-corrected chi connectivity index (χ2v) is 5.51. The van der Waals surface area contributed by atoms with Gasteiger partial charge in [0, 0.05) is 25.7 Å². The van der Waals surface area contributed by atoms with Gasteiger partial charge in [0.05, 0.1) is 11.3 Å². The van der Waals surface area contributed by atoms with E-state index in [9.17, 15) is 4.79 Å². The number of fused-ring (bicyclic) bond motifs is 1. The van der Waals surface area contributed by atoms with Crippen molar-refractivity contribution in [2.75, 3.05) is 24.6 Å². The maximum absolute atomic E-state index is 11.7. The molecule has 0 saturated carbocycles. The summed E-state index contributed by atoms with van der Waals surface area (Å²) in [5, 5.41) is 8.96. The Balaban J connectivity index is 0.00000220. The minimum absolute atomic E-state index is 0. The molecule has 1 atom stereocenters. The molecule has 1 aliphatic rings. The van der Waals surface area contributed by atoms with Crippen molar-refractivity contribution < 1.29 is 9.90 Å². The Labute approximate surface area is 131 Å². The molecule has 0 bridgehead atoms. The quantitative estimate of drug-likeness (QED) is 0.725. The zero-order valence-electron chi connectivity index (χ0n) is 12.3. The predicted octanol–water partition coefficient (Wildman–Crippen LogP) is 0.842. The molecule has 0 saturated heterocycles. The van der Waals surface area contributed by atoms with E-state index in [1.54, 1.807) is 0 Å². The Kier molecular flexibility index (Phi) is 6.45. The van der Waals surface area contributed by atoms with Gasteiger partial charge in [-0.05, 0) is 43.4 Å². The van der Waals surface area contributed by atoms with Gasteiger partial charge in [0.25, 0.3) is 5.91 Å². The second kappa shape index (κ2) is 7.64. The molecule has 21 heavy (non-hydrogen) atoms. The topological polar surface area (TPSA) is 92.6 Å². The number of carbonyl (C=O) groups is 1. The molecule has 118 valence electrons. The summed E-state index contributed by atoms with van der Waals surface area (Å²) in [5.74, 6) is -0.399. The molecular weight excluding hydrogens is 290 g/mol. The highest BCUT2D eigenvalue weighted by Crippen LogP contribution is 2.33. The van der Waals surface area contributed by atoms with Crippen LogP contribution in [0.15, 0.2) is 12.1 Å². The lowest BCUT2D eigenvalue weighted by Crippen LogP contribution is -2.26. The minimum Gasteiger partial charge on any atom is -0.396 e. The van der Waals surface area contributed by atoms with Crippen LogP contribution in [0.25, 0.3) is 0 Å². The van der Waals surface area contributed by atoms with E-state index < -0.39 is 5.91 Å². The summed E-state index contributed by atoms with van der Waals surface area (Å²) in [6.45, 7) is 3.72. The van der Waals surface area contributed by atoms with Gasteiger partial charge in [0.15, 0.2) is 0 Å². The van der Waals surface area contributed by atoms with E-state index in [-0.39, 0.29) is 25.1 Å². The molecule has 5 nitrogen and oxygen atoms in total. The summed E-state index contributed by atoms with van der Waals surface area (Å²) in [5.41, 5.74) is 15.1. The van der Waals surface area contributed by atoms with Gasteiger partial charge in [-0.25, -0.2) is 0 Å². The van der Waals surface area contributed by atoms with Crippen molar-refractivity contribution in [1.29, 1.82) is 0 Å². The first kappa shape index (κ1) is 17.8. The SMILES string of the molecule is C[C@@H](N)Cc1cc2c(c(C(N)=O)c1)N(CCCO)CC2.Cl. The van der Waals surface area contributed by atoms with E-state index in [4.69, 9.17) is 16.6 Å². The molecule has 1 heterocycles. The number of halogens is 1. The van der Waals surface area contributed by atoms with E-state index in [0.29, 0.717) is 12.0 Å². The van der Waals surface area contributed by atoms with Crippen molar-refractivity contribution in [2.24, 2.45) is 11.5 Å². The van der Waals surface area contributed by atoms with Gasteiger partial charge in [-0.3, -0.25) is 4.79 Å². The zero-order valence-corrected chi connectivity index (χ0v) is 13.2. The molecule has 0 spiro atoms. The van der Waals surface area contributed by atoms with Gasteiger partial charge in [-0.15, -0.1) is 12.4 Å². The van der Waals surface area contributed by atoms with Gasteiger partial charge < -0.3 is 21.5 Å². The normalized spacial score (nSPS) is 14.5. The Hall–Kier alpha value is -1.30. The Morgan fingerprint density at radius 1 is 1.48 bits per heavy atom. The van der Waals surface area contributed by atoms with Crippen LogP contribution in [0.4, 0.5) is 5.69 Å². The molecule has 0 unspecified atom stereocenters. The number of primary amides is 1. The van der Waals surface area contributed by atoms with E-state index in [1.165, 1.54) is 0 Å². The van der Waals surface area contributed by atoms with Crippen LogP contribution in [0.5, 0.6) is 0 Å². The number of nitrogens with zero attached hydrogens (tertiary/aromatic N) is 1. The van der Waals surface area contributed by atoms with Gasteiger partial charge in [0.2, 0.25) is 0 Å². The molecular formula is C15H24ClN3O2. The number of hydrogen-bond acceptors (Lipinski definition) is 4. The fraction of sp³-hybridized carbons (Fsp3) is 0.533. The van der Waals surface area contributed by atoms with Crippen molar-refractivity contribution in [3.63, 3.8) is 0 Å². The average Bonchev–Trinajstić information content (AvgIpc) is 2.77. The van der Waals surface area contributed by atoms with Crippen molar-refractivity contribution in [3.05, 3.63) is 28.8 Å². The van der Waals surface area contributed by atoms with Crippen LogP contribution >= 0.6 is 12.4 Å². The van der Waals surface area contributed by atoms with E-state index in [2.05, 4.69) is 11.0 Å². The number of benzene rings is 1. The second-order valence-electron chi connectivity index (χ2n) is 5.51. The monoisotopic (exact) mass is 313 g/mol. The largest absolute Gasteiger partial charge is 0.396 e. The van der Waals surface area contributed by atoms with Crippen molar-refractivity contribution >= 4 is 24.0 Å². The van der Waals surface area contributed by atoms with Crippen LogP contribution in [-0.2, 0) is 12.8 Å². The lowest BCUT2D eigenvalue weighted by atomic mass is 9.98. The first-order valence-corrected chi connectivity index (χ1v) is 7.10. The van der Waals surface area contributed by atoms with Gasteiger partial charge in [-0.1, -0.05) is 6.07 Å². The van der Waals surface area contributed by atoms with E-state index in [0.717, 1.165) is 42.7 Å². The summed E-state index contributed by atoms with van der Waals surface area (Å²) >= 11 is 0. The molecule has 0 radical (unpaired) electrons. The third-order valence-electron chi connectivity index (χ3n) is 3.63. The number of hydrogen-bond donors (Lipinski definition) is 3. The average molecular weight is 314 g/mol. The van der Waals surface area contributed by atoms with Gasteiger partial charge in [-0.2, -0.15) is 0 Å². The van der Waals surface area contributed by atoms with Crippen LogP contribution in [0.2, 0.25) is 0 Å². The molecule has 1 aromatic carbocycles. The van der Waals surface area contributed by atoms with Crippen molar-refractivity contribution in [3.8, 4) is 0 Å². The summed E-state index contributed by atoms with van der Waals surface area (Å²) in [4.78, 5) is 13.9. The lowest BCUT2D eigenvalue weighted by Gasteiger charge is -2.21. The minimum atomic E-state index is -0.399. The van der Waals surface area contributed by atoms with Crippen LogP contribution in [0.1, 0.15) is 34.8 Å². The van der Waals surface area contributed by atoms with Crippen LogP contribution in [-0.4, -0.2) is 36.8 Å². The van der Waals surface area contributed by atoms with E-state index >= 15 is 0 Å². The van der Waals surface area contributed by atoms with Crippen LogP contribution < -0.4 is 16.4 Å². The summed E-state index contributed by atoms with van der Waals surface area (Å²) < 4.78 is 0. The number of nitrogens with two attached hydrogens (primary N) is 2. The maximum atomic E-state index is 11.7. The number of aliphatic hydroxyl groups is 1. The van der Waals surface area contributed by atoms with Crippen LogP contribution in [0, 0.1) is 0 Å². The maximum Gasteiger partial charge on any atom is 0.250 e. The predicted molar refractivity (Wildman–Crippen MR) is 87.2 cm³/mol. The molecule has 0 aromatic heterocycles. The van der Waals surface area contributed by atoms with E-state index in [1.807, 2.05) is 13.0 Å². The fourth-order valence-corrected chi connectivity index (χ4v) is 2.85. The number of amides is 1. The Morgan fingerprint density at radius 2 is 2.19 bits per heavy atom. The first-order valence-electron chi connectivity index (χ1n) is 7.10. The Bertz CT molecular complexity index is 506. The highest BCUT2D eigenvalue weighted by Gasteiger charge is 2.25. The number of anilines is 1. The zero-order chi connectivity index (χ0) is 14.7. The first-order chi connectivity index (χ1) is 9.52. The third kappa shape index (κ3) is 4.09. The molecule has 0 aliphatic carbocycles. The number of rotatable bonds is 6. The highest BCUT2D eigenvalue weighted by molar-refractivity contribution is 6.00. The van der Waals surface area contributed by atoms with Gasteiger partial charge >= 0.3 is 0 Å². The van der Waals surface area contributed by atoms with Gasteiger partial charge in [0.1, 0.15) is 0 Å². The highest BCUT2D eigenvalue weighted by atomic mass is 35.5. The van der Waals surface area contributed by atoms with Crippen molar-refractivity contribution in [2.45, 2.75) is 32.2 Å². The lowest BCUT2D eigenvalue weighted by molar-refractivity contribution is 0.100. The molecule has 1 amide bonds. The Morgan fingerprint density at radius 3 is 2.76 bits per heavy atom. The summed E-state index contributed by atoms with van der Waals surface area (Å²) in [6.07, 6.45) is 2.34. The number of aliphatic hydroxyl groups excluding tert-OH is 1. The summed E-state index contributed by atoms with van der Waals surface area (Å²) in [7, 11) is 0. The third-order valence-corrected chi connectivity index (χ3v) is 3.63. The van der Waals surface area contributed by atoms with Crippen molar-refractivity contribution in [1.82, 2.24) is 0 Å². The molecule has 5 N–H and O–H groups in total. The summed E-state index contributed by atoms with van der Waals surface area (Å²) in [6, 6.07) is 4.05. The smallest absolute Gasteiger partial charge is 0.250 e. The van der Waals surface area contributed by atoms with Crippen LogP contribution in [0.3, 0.4) is 0 Å². The standard InChI is InChI=1S/C15H23N3O2.ClH/c1-10(16)7-11-8-12-3-5-18(4-2-6-19)14(12)13(9-11)15(17)20;/h8-10,19H,2-7,16H2,1H3,(H2,17,20);1H/t10-;/m1./s1.